The van der Waals surface area contributed by atoms with Crippen LogP contribution < -0.4 is 15.5 Å². The Balaban J connectivity index is 1.68. The maximum absolute atomic E-state index is 13.9. The number of imidazole rings is 1. The molecule has 38 heavy (non-hydrogen) atoms. The summed E-state index contributed by atoms with van der Waals surface area (Å²) in [5.74, 6) is -0.296. The van der Waals surface area contributed by atoms with E-state index in [-0.39, 0.29) is 11.8 Å². The highest BCUT2D eigenvalue weighted by Gasteiger charge is 2.35. The number of carbonyl (C=O) groups excluding carboxylic acids is 2. The summed E-state index contributed by atoms with van der Waals surface area (Å²) >= 11 is 0. The largest absolute Gasteiger partial charge is 0.494 e. The lowest BCUT2D eigenvalue weighted by atomic mass is 9.81. The number of rotatable bonds is 5. The molecule has 2 aliphatic heterocycles. The third-order valence-corrected chi connectivity index (χ3v) is 7.11. The molecule has 3 heterocycles. The molecular formula is C30H38N4O4. The normalized spacial score (nSPS) is 21.1. The van der Waals surface area contributed by atoms with E-state index < -0.39 is 23.8 Å². The Labute approximate surface area is 224 Å². The summed E-state index contributed by atoms with van der Waals surface area (Å²) < 4.78 is 5.90. The number of fused-ring (bicyclic) bond motifs is 13. The number of hydroxylamine groups is 1. The lowest BCUT2D eigenvalue weighted by molar-refractivity contribution is -0.141. The van der Waals surface area contributed by atoms with E-state index in [4.69, 9.17) is 4.74 Å². The topological polar surface area (TPSA) is 116 Å². The molecule has 0 aliphatic carbocycles. The van der Waals surface area contributed by atoms with E-state index in [0.717, 1.165) is 41.8 Å². The van der Waals surface area contributed by atoms with Crippen LogP contribution in [0.25, 0.3) is 11.3 Å². The molecule has 3 atom stereocenters. The molecule has 0 fully saturated rings. The van der Waals surface area contributed by atoms with Gasteiger partial charge in [-0.15, -0.1) is 0 Å². The molecule has 0 unspecified atom stereocenters. The number of carbonyl (C=O) groups is 2. The Morgan fingerprint density at radius 1 is 1.11 bits per heavy atom. The second-order valence-electron chi connectivity index (χ2n) is 10.5. The van der Waals surface area contributed by atoms with Crippen LogP contribution in [-0.2, 0) is 16.0 Å². The first-order valence-corrected chi connectivity index (χ1v) is 13.5. The molecule has 4 N–H and O–H groups in total. The minimum absolute atomic E-state index is 0.193. The summed E-state index contributed by atoms with van der Waals surface area (Å²) in [6.45, 7) is 4.66. The maximum Gasteiger partial charge on any atom is 0.247 e. The Morgan fingerprint density at radius 2 is 1.87 bits per heavy atom. The molecule has 202 valence electrons. The van der Waals surface area contributed by atoms with Crippen LogP contribution in [-0.4, -0.2) is 33.6 Å². The summed E-state index contributed by atoms with van der Waals surface area (Å²) in [5.41, 5.74) is 4.70. The van der Waals surface area contributed by atoms with Gasteiger partial charge in [-0.05, 0) is 54.9 Å². The van der Waals surface area contributed by atoms with Gasteiger partial charge in [-0.1, -0.05) is 69.2 Å². The van der Waals surface area contributed by atoms with Gasteiger partial charge in [0.1, 0.15) is 11.6 Å². The molecule has 5 rings (SSSR count). The highest BCUT2D eigenvalue weighted by atomic mass is 16.5. The maximum atomic E-state index is 13.9. The van der Waals surface area contributed by atoms with Crippen LogP contribution >= 0.6 is 0 Å². The van der Waals surface area contributed by atoms with Crippen LogP contribution in [0.3, 0.4) is 0 Å². The number of benzene rings is 2. The van der Waals surface area contributed by atoms with Crippen LogP contribution in [0, 0.1) is 17.8 Å². The quantitative estimate of drug-likeness (QED) is 0.273. The fourth-order valence-corrected chi connectivity index (χ4v) is 5.12. The summed E-state index contributed by atoms with van der Waals surface area (Å²) in [7, 11) is 0. The van der Waals surface area contributed by atoms with Crippen molar-refractivity contribution in [1.82, 2.24) is 20.8 Å². The van der Waals surface area contributed by atoms with Gasteiger partial charge < -0.3 is 15.0 Å². The molecule has 1 aromatic heterocycles. The zero-order valence-corrected chi connectivity index (χ0v) is 22.2. The van der Waals surface area contributed by atoms with Crippen molar-refractivity contribution in [3.8, 4) is 17.0 Å². The number of aromatic amines is 1. The van der Waals surface area contributed by atoms with Crippen LogP contribution in [0.15, 0.2) is 60.8 Å². The van der Waals surface area contributed by atoms with Gasteiger partial charge >= 0.3 is 0 Å². The average molecular weight is 519 g/mol. The summed E-state index contributed by atoms with van der Waals surface area (Å²) in [4.78, 5) is 34.6. The zero-order chi connectivity index (χ0) is 26.9. The molecule has 2 aromatic carbocycles. The fourth-order valence-electron chi connectivity index (χ4n) is 5.12. The molecule has 2 amide bonds. The van der Waals surface area contributed by atoms with Crippen molar-refractivity contribution in [3.05, 3.63) is 72.2 Å². The van der Waals surface area contributed by atoms with E-state index in [0.29, 0.717) is 31.7 Å². The van der Waals surface area contributed by atoms with E-state index in [1.807, 2.05) is 73.9 Å². The van der Waals surface area contributed by atoms with E-state index in [2.05, 4.69) is 15.3 Å². The number of aromatic nitrogens is 2. The Kier molecular flexibility index (Phi) is 9.54. The fraction of sp³-hybridized carbons (Fsp3) is 0.433. The highest BCUT2D eigenvalue weighted by Crippen LogP contribution is 2.29. The minimum Gasteiger partial charge on any atom is -0.494 e. The molecule has 0 saturated carbocycles. The predicted molar refractivity (Wildman–Crippen MR) is 145 cm³/mol. The molecule has 2 bridgehead atoms. The van der Waals surface area contributed by atoms with Gasteiger partial charge in [0.2, 0.25) is 11.8 Å². The number of amides is 2. The number of hydrogen-bond acceptors (Lipinski definition) is 5. The van der Waals surface area contributed by atoms with Crippen molar-refractivity contribution < 1.29 is 19.5 Å². The molecule has 2 aliphatic rings. The third kappa shape index (κ3) is 7.22. The van der Waals surface area contributed by atoms with E-state index in [1.165, 1.54) is 0 Å². The van der Waals surface area contributed by atoms with Crippen molar-refractivity contribution >= 4 is 11.8 Å². The number of hydrogen-bond donors (Lipinski definition) is 4. The summed E-state index contributed by atoms with van der Waals surface area (Å²) in [6.07, 6.45) is 5.79. The third-order valence-electron chi connectivity index (χ3n) is 7.11. The lowest BCUT2D eigenvalue weighted by Crippen LogP contribution is -2.43. The van der Waals surface area contributed by atoms with Gasteiger partial charge in [0.05, 0.1) is 30.5 Å². The van der Waals surface area contributed by atoms with Crippen molar-refractivity contribution in [2.45, 2.75) is 58.4 Å². The monoisotopic (exact) mass is 518 g/mol. The van der Waals surface area contributed by atoms with E-state index in [1.54, 1.807) is 6.20 Å². The highest BCUT2D eigenvalue weighted by molar-refractivity contribution is 5.87. The second-order valence-corrected chi connectivity index (χ2v) is 10.5. The summed E-state index contributed by atoms with van der Waals surface area (Å²) in [6, 6.07) is 17.4. The molecule has 3 aromatic rings. The first-order chi connectivity index (χ1) is 18.4. The van der Waals surface area contributed by atoms with Gasteiger partial charge in [0, 0.05) is 5.92 Å². The van der Waals surface area contributed by atoms with Gasteiger partial charge in [-0.25, -0.2) is 10.5 Å². The van der Waals surface area contributed by atoms with Crippen LogP contribution in [0.1, 0.15) is 63.4 Å². The van der Waals surface area contributed by atoms with Crippen molar-refractivity contribution in [3.63, 3.8) is 0 Å². The predicted octanol–water partition coefficient (Wildman–Crippen LogP) is 5.21. The van der Waals surface area contributed by atoms with Crippen molar-refractivity contribution in [1.29, 1.82) is 0 Å². The number of nitrogens with one attached hydrogen (secondary N) is 3. The number of nitrogens with zero attached hydrogens (tertiary/aromatic N) is 1. The van der Waals surface area contributed by atoms with Gasteiger partial charge in [-0.3, -0.25) is 14.8 Å². The molecule has 0 spiro atoms. The van der Waals surface area contributed by atoms with Crippen molar-refractivity contribution in [2.24, 2.45) is 17.8 Å². The van der Waals surface area contributed by atoms with Crippen LogP contribution in [0.4, 0.5) is 0 Å². The minimum atomic E-state index is -0.633. The van der Waals surface area contributed by atoms with E-state index >= 15 is 0 Å². The van der Waals surface area contributed by atoms with Crippen LogP contribution in [0.5, 0.6) is 5.75 Å². The van der Waals surface area contributed by atoms with Crippen molar-refractivity contribution in [2.75, 3.05) is 6.61 Å². The van der Waals surface area contributed by atoms with Gasteiger partial charge in [0.25, 0.3) is 0 Å². The molecular weight excluding hydrogens is 480 g/mol. The Bertz CT molecular complexity index is 1180. The summed E-state index contributed by atoms with van der Waals surface area (Å²) in [5, 5.41) is 12.7. The first-order valence-electron chi connectivity index (χ1n) is 13.5. The number of ether oxygens (including phenoxy) is 1. The average Bonchev–Trinajstić information content (AvgIpc) is 3.42. The molecule has 0 radical (unpaired) electrons. The van der Waals surface area contributed by atoms with E-state index in [9.17, 15) is 14.8 Å². The first kappa shape index (κ1) is 27.4. The van der Waals surface area contributed by atoms with Gasteiger partial charge in [-0.2, -0.15) is 0 Å². The smallest absolute Gasteiger partial charge is 0.247 e. The Hall–Kier alpha value is -3.65. The number of H-pyrrole nitrogens is 1. The second kappa shape index (κ2) is 13.2. The molecule has 8 nitrogen and oxygen atoms in total. The molecule has 0 saturated heterocycles. The van der Waals surface area contributed by atoms with Gasteiger partial charge in [0.15, 0.2) is 0 Å². The Morgan fingerprint density at radius 3 is 2.58 bits per heavy atom. The molecule has 8 heteroatoms. The SMILES string of the molecule is CC(C)C[C@H]1C(=O)N[C@H](c2ncc(-c3ccccc3)[nH]2)Cc2ccc(cc2)OCCCCC[C@@H]1C(=O)NO. The van der Waals surface area contributed by atoms with Crippen LogP contribution in [0.2, 0.25) is 0 Å². The zero-order valence-electron chi connectivity index (χ0n) is 22.2. The lowest BCUT2D eigenvalue weighted by Gasteiger charge is -2.28. The standard InChI is InChI=1S/C30H38N4O4/c1-20(2)17-25-24(30(36)34-37)11-7-4-8-16-38-23-14-12-21(13-15-23)18-26(33-29(25)35)28-31-19-27(32-28)22-9-5-3-6-10-22/h3,5-6,9-10,12-15,19-20,24-26,37H,4,7-8,11,16-18H2,1-2H3,(H,31,32)(H,33,35)(H,34,36)/t24-,25+,26-/m0/s1.